The van der Waals surface area contributed by atoms with E-state index in [0.717, 1.165) is 5.69 Å². The van der Waals surface area contributed by atoms with E-state index in [1.807, 2.05) is 25.1 Å². The number of aromatic nitrogens is 2. The van der Waals surface area contributed by atoms with E-state index in [0.29, 0.717) is 29.4 Å². The zero-order valence-corrected chi connectivity index (χ0v) is 14.0. The molecule has 0 atom stereocenters. The van der Waals surface area contributed by atoms with Crippen molar-refractivity contribution in [3.63, 3.8) is 0 Å². The molecule has 0 fully saturated rings. The quantitative estimate of drug-likeness (QED) is 0.838. The predicted molar refractivity (Wildman–Crippen MR) is 88.2 cm³/mol. The first-order valence-corrected chi connectivity index (χ1v) is 7.66. The maximum atomic E-state index is 12.7. The molecule has 1 aromatic heterocycles. The Morgan fingerprint density at radius 1 is 1.39 bits per heavy atom. The van der Waals surface area contributed by atoms with Crippen LogP contribution in [0.4, 0.5) is 0 Å². The second kappa shape index (κ2) is 8.10. The van der Waals surface area contributed by atoms with Crippen LogP contribution in [0.1, 0.15) is 16.1 Å². The molecule has 0 aliphatic rings. The number of aliphatic hydroxyl groups excluding tert-OH is 1. The van der Waals surface area contributed by atoms with Gasteiger partial charge in [-0.05, 0) is 19.1 Å². The summed E-state index contributed by atoms with van der Waals surface area (Å²) in [6.45, 7) is 2.78. The lowest BCUT2D eigenvalue weighted by Gasteiger charge is -2.21. The van der Waals surface area contributed by atoms with E-state index in [4.69, 9.17) is 21.4 Å². The van der Waals surface area contributed by atoms with Gasteiger partial charge in [-0.2, -0.15) is 5.10 Å². The summed E-state index contributed by atoms with van der Waals surface area (Å²) in [6.07, 6.45) is 1.53. The number of benzene rings is 1. The molecular weight excluding hydrogens is 318 g/mol. The summed E-state index contributed by atoms with van der Waals surface area (Å²) in [5, 5.41) is 14.0. The maximum Gasteiger partial charge on any atom is 0.257 e. The van der Waals surface area contributed by atoms with Crippen molar-refractivity contribution in [1.82, 2.24) is 14.7 Å². The van der Waals surface area contributed by atoms with Crippen LogP contribution in [-0.2, 0) is 4.74 Å². The van der Waals surface area contributed by atoms with Crippen molar-refractivity contribution in [2.75, 3.05) is 33.4 Å². The normalized spacial score (nSPS) is 10.8. The number of amides is 1. The summed E-state index contributed by atoms with van der Waals surface area (Å²) < 4.78 is 6.65. The maximum absolute atomic E-state index is 12.7. The van der Waals surface area contributed by atoms with Crippen molar-refractivity contribution < 1.29 is 14.6 Å². The zero-order chi connectivity index (χ0) is 16.8. The van der Waals surface area contributed by atoms with Gasteiger partial charge in [-0.15, -0.1) is 0 Å². The second-order valence-electron chi connectivity index (χ2n) is 5.02. The van der Waals surface area contributed by atoms with Crippen LogP contribution in [0.15, 0.2) is 30.5 Å². The van der Waals surface area contributed by atoms with Gasteiger partial charge in [0.25, 0.3) is 5.91 Å². The molecule has 0 aliphatic heterocycles. The minimum atomic E-state index is -0.188. The molecule has 0 bridgehead atoms. The third kappa shape index (κ3) is 3.90. The minimum absolute atomic E-state index is 0.104. The predicted octanol–water partition coefficient (Wildman–Crippen LogP) is 1.92. The summed E-state index contributed by atoms with van der Waals surface area (Å²) in [6, 6.07) is 7.31. The third-order valence-corrected chi connectivity index (χ3v) is 3.86. The molecule has 1 amide bonds. The molecule has 2 aromatic rings. The number of ether oxygens (including phenoxy) is 1. The van der Waals surface area contributed by atoms with Gasteiger partial charge in [-0.3, -0.25) is 4.79 Å². The number of nitrogens with zero attached hydrogens (tertiary/aromatic N) is 3. The minimum Gasteiger partial charge on any atom is -0.395 e. The van der Waals surface area contributed by atoms with Crippen LogP contribution in [0.25, 0.3) is 5.69 Å². The zero-order valence-electron chi connectivity index (χ0n) is 13.2. The van der Waals surface area contributed by atoms with Gasteiger partial charge in [0, 0.05) is 20.2 Å². The lowest BCUT2D eigenvalue weighted by Crippen LogP contribution is -2.36. The number of rotatable bonds is 7. The van der Waals surface area contributed by atoms with Crippen LogP contribution in [0.2, 0.25) is 5.02 Å². The van der Waals surface area contributed by atoms with Crippen LogP contribution < -0.4 is 0 Å². The van der Waals surface area contributed by atoms with Gasteiger partial charge in [0.1, 0.15) is 0 Å². The van der Waals surface area contributed by atoms with Crippen LogP contribution >= 0.6 is 11.6 Å². The number of halogens is 1. The number of methoxy groups -OCH3 is 1. The topological polar surface area (TPSA) is 67.6 Å². The summed E-state index contributed by atoms with van der Waals surface area (Å²) in [5.74, 6) is -0.188. The Kier molecular flexibility index (Phi) is 6.15. The number of para-hydroxylation sites is 1. The van der Waals surface area contributed by atoms with E-state index in [1.165, 1.54) is 6.20 Å². The van der Waals surface area contributed by atoms with Crippen molar-refractivity contribution in [2.45, 2.75) is 6.92 Å². The molecule has 1 N–H and O–H groups in total. The average Bonchev–Trinajstić information content (AvgIpc) is 2.93. The lowest BCUT2D eigenvalue weighted by atomic mass is 10.2. The highest BCUT2D eigenvalue weighted by Gasteiger charge is 2.21. The number of aliphatic hydroxyl groups is 1. The molecule has 0 unspecified atom stereocenters. The number of carbonyl (C=O) groups excluding carboxylic acids is 1. The fraction of sp³-hybridized carbons (Fsp3) is 0.375. The molecule has 0 radical (unpaired) electrons. The van der Waals surface area contributed by atoms with Crippen LogP contribution in [-0.4, -0.2) is 59.1 Å². The van der Waals surface area contributed by atoms with Crippen LogP contribution in [0.5, 0.6) is 0 Å². The number of hydrogen-bond donors (Lipinski definition) is 1. The molecule has 1 aromatic carbocycles. The summed E-state index contributed by atoms with van der Waals surface area (Å²) >= 11 is 6.19. The molecular formula is C16H20ClN3O3. The van der Waals surface area contributed by atoms with Gasteiger partial charge in [-0.25, -0.2) is 4.68 Å². The number of hydrogen-bond acceptors (Lipinski definition) is 4. The molecule has 23 heavy (non-hydrogen) atoms. The Bertz CT molecular complexity index is 672. The highest BCUT2D eigenvalue weighted by molar-refractivity contribution is 6.32. The highest BCUT2D eigenvalue weighted by atomic mass is 35.5. The molecule has 1 heterocycles. The molecule has 124 valence electrons. The van der Waals surface area contributed by atoms with Gasteiger partial charge in [-0.1, -0.05) is 23.7 Å². The van der Waals surface area contributed by atoms with E-state index in [-0.39, 0.29) is 19.1 Å². The van der Waals surface area contributed by atoms with E-state index in [9.17, 15) is 4.79 Å². The fourth-order valence-corrected chi connectivity index (χ4v) is 2.51. The Morgan fingerprint density at radius 2 is 2.13 bits per heavy atom. The van der Waals surface area contributed by atoms with Crippen LogP contribution in [0, 0.1) is 6.92 Å². The Balaban J connectivity index is 2.30. The third-order valence-electron chi connectivity index (χ3n) is 3.54. The standard InChI is InChI=1S/C16H20ClN3O3/c1-12-13(16(22)19(7-9-21)8-10-23-2)11-18-20(12)15-6-4-3-5-14(15)17/h3-6,11,21H,7-10H2,1-2H3. The van der Waals surface area contributed by atoms with Gasteiger partial charge in [0.05, 0.1) is 41.4 Å². The monoisotopic (exact) mass is 337 g/mol. The van der Waals surface area contributed by atoms with Crippen molar-refractivity contribution in [1.29, 1.82) is 0 Å². The Labute approximate surface area is 140 Å². The molecule has 0 saturated heterocycles. The van der Waals surface area contributed by atoms with Crippen molar-refractivity contribution in [3.05, 3.63) is 46.7 Å². The van der Waals surface area contributed by atoms with Gasteiger partial charge in [0.2, 0.25) is 0 Å². The first kappa shape index (κ1) is 17.5. The average molecular weight is 338 g/mol. The first-order chi connectivity index (χ1) is 11.1. The van der Waals surface area contributed by atoms with Crippen LogP contribution in [0.3, 0.4) is 0 Å². The van der Waals surface area contributed by atoms with E-state index < -0.39 is 0 Å². The Hall–Kier alpha value is -1.89. The van der Waals surface area contributed by atoms with E-state index in [2.05, 4.69) is 5.10 Å². The van der Waals surface area contributed by atoms with Crippen molar-refractivity contribution in [3.8, 4) is 5.69 Å². The molecule has 2 rings (SSSR count). The number of carbonyl (C=O) groups is 1. The summed E-state index contributed by atoms with van der Waals surface area (Å²) in [7, 11) is 1.57. The van der Waals surface area contributed by atoms with Crippen molar-refractivity contribution >= 4 is 17.5 Å². The summed E-state index contributed by atoms with van der Waals surface area (Å²) in [4.78, 5) is 14.2. The Morgan fingerprint density at radius 3 is 2.78 bits per heavy atom. The second-order valence-corrected chi connectivity index (χ2v) is 5.42. The molecule has 0 saturated carbocycles. The molecule has 0 spiro atoms. The molecule has 0 aliphatic carbocycles. The lowest BCUT2D eigenvalue weighted by molar-refractivity contribution is 0.0655. The van der Waals surface area contributed by atoms with Gasteiger partial charge < -0.3 is 14.7 Å². The molecule has 6 nitrogen and oxygen atoms in total. The van der Waals surface area contributed by atoms with Crippen molar-refractivity contribution in [2.24, 2.45) is 0 Å². The fourth-order valence-electron chi connectivity index (χ4n) is 2.29. The van der Waals surface area contributed by atoms with E-state index in [1.54, 1.807) is 22.8 Å². The highest BCUT2D eigenvalue weighted by Crippen LogP contribution is 2.22. The van der Waals surface area contributed by atoms with Gasteiger partial charge >= 0.3 is 0 Å². The van der Waals surface area contributed by atoms with E-state index >= 15 is 0 Å². The van der Waals surface area contributed by atoms with Gasteiger partial charge in [0.15, 0.2) is 0 Å². The molecule has 7 heteroatoms. The SMILES string of the molecule is COCCN(CCO)C(=O)c1cnn(-c2ccccc2Cl)c1C. The first-order valence-electron chi connectivity index (χ1n) is 7.28. The smallest absolute Gasteiger partial charge is 0.257 e. The largest absolute Gasteiger partial charge is 0.395 e. The summed E-state index contributed by atoms with van der Waals surface area (Å²) in [5.41, 5.74) is 1.90.